The second kappa shape index (κ2) is 6.34. The van der Waals surface area contributed by atoms with E-state index in [-0.39, 0.29) is 11.9 Å². The molecule has 19 heavy (non-hydrogen) atoms. The number of halogens is 1. The molecule has 2 N–H and O–H groups in total. The Labute approximate surface area is 113 Å². The van der Waals surface area contributed by atoms with Gasteiger partial charge in [0.15, 0.2) is 0 Å². The lowest BCUT2D eigenvalue weighted by molar-refractivity contribution is 0.300. The van der Waals surface area contributed by atoms with E-state index in [1.54, 1.807) is 6.07 Å². The summed E-state index contributed by atoms with van der Waals surface area (Å²) in [5.41, 5.74) is 7.78. The van der Waals surface area contributed by atoms with E-state index in [2.05, 4.69) is 0 Å². The Morgan fingerprint density at radius 3 is 2.58 bits per heavy atom. The minimum atomic E-state index is -0.295. The maximum atomic E-state index is 13.3. The lowest BCUT2D eigenvalue weighted by Gasteiger charge is -2.13. The summed E-state index contributed by atoms with van der Waals surface area (Å²) in [5, 5.41) is 0. The fourth-order valence-corrected chi connectivity index (χ4v) is 1.91. The number of hydrogen-bond donors (Lipinski definition) is 1. The van der Waals surface area contributed by atoms with Crippen LogP contribution in [0.1, 0.15) is 18.1 Å². The van der Waals surface area contributed by atoms with Crippen molar-refractivity contribution in [2.75, 3.05) is 0 Å². The van der Waals surface area contributed by atoms with Crippen LogP contribution in [0.4, 0.5) is 4.39 Å². The van der Waals surface area contributed by atoms with Gasteiger partial charge in [0.2, 0.25) is 0 Å². The first-order chi connectivity index (χ1) is 9.15. The molecule has 0 bridgehead atoms. The van der Waals surface area contributed by atoms with Crippen molar-refractivity contribution in [3.05, 3.63) is 65.5 Å². The van der Waals surface area contributed by atoms with Gasteiger partial charge in [0.1, 0.15) is 18.2 Å². The molecule has 0 amide bonds. The van der Waals surface area contributed by atoms with Crippen LogP contribution >= 0.6 is 0 Å². The van der Waals surface area contributed by atoms with Gasteiger partial charge in [-0.1, -0.05) is 36.4 Å². The van der Waals surface area contributed by atoms with Gasteiger partial charge in [-0.2, -0.15) is 0 Å². The quantitative estimate of drug-likeness (QED) is 0.894. The molecule has 0 radical (unpaired) electrons. The number of rotatable bonds is 5. The average molecular weight is 259 g/mol. The lowest BCUT2D eigenvalue weighted by Crippen LogP contribution is -2.18. The number of ether oxygens (including phenoxy) is 1. The molecule has 2 rings (SSSR count). The van der Waals surface area contributed by atoms with Gasteiger partial charge in [-0.25, -0.2) is 4.39 Å². The van der Waals surface area contributed by atoms with Crippen LogP contribution in [0.15, 0.2) is 48.5 Å². The van der Waals surface area contributed by atoms with Crippen LogP contribution in [0, 0.1) is 5.82 Å². The second-order valence-electron chi connectivity index (χ2n) is 4.71. The SMILES string of the molecule is CC(N)Cc1ccc(F)cc1OCc1ccccc1. The zero-order chi connectivity index (χ0) is 13.7. The number of benzene rings is 2. The van der Waals surface area contributed by atoms with Crippen molar-refractivity contribution in [1.82, 2.24) is 0 Å². The number of nitrogens with two attached hydrogens (primary N) is 1. The zero-order valence-corrected chi connectivity index (χ0v) is 11.0. The first kappa shape index (κ1) is 13.6. The van der Waals surface area contributed by atoms with Crippen molar-refractivity contribution >= 4 is 0 Å². The maximum absolute atomic E-state index is 13.3. The fourth-order valence-electron chi connectivity index (χ4n) is 1.91. The van der Waals surface area contributed by atoms with Crippen LogP contribution in [-0.4, -0.2) is 6.04 Å². The van der Waals surface area contributed by atoms with E-state index in [0.29, 0.717) is 18.8 Å². The van der Waals surface area contributed by atoms with Gasteiger partial charge in [0, 0.05) is 12.1 Å². The van der Waals surface area contributed by atoms with Crippen molar-refractivity contribution in [2.45, 2.75) is 26.0 Å². The lowest BCUT2D eigenvalue weighted by atomic mass is 10.1. The summed E-state index contributed by atoms with van der Waals surface area (Å²) in [6.45, 7) is 2.35. The molecule has 3 heteroatoms. The van der Waals surface area contributed by atoms with Crippen LogP contribution in [0.3, 0.4) is 0 Å². The van der Waals surface area contributed by atoms with Crippen molar-refractivity contribution in [2.24, 2.45) is 5.73 Å². The number of hydrogen-bond acceptors (Lipinski definition) is 2. The van der Waals surface area contributed by atoms with Crippen LogP contribution in [0.2, 0.25) is 0 Å². The molecule has 1 atom stereocenters. The van der Waals surface area contributed by atoms with Crippen molar-refractivity contribution in [3.8, 4) is 5.75 Å². The van der Waals surface area contributed by atoms with Gasteiger partial charge in [-0.3, -0.25) is 0 Å². The molecule has 0 heterocycles. The smallest absolute Gasteiger partial charge is 0.126 e. The molecule has 0 saturated carbocycles. The van der Waals surface area contributed by atoms with Crippen LogP contribution < -0.4 is 10.5 Å². The topological polar surface area (TPSA) is 35.2 Å². The Hall–Kier alpha value is -1.87. The Balaban J connectivity index is 2.12. The molecule has 0 spiro atoms. The highest BCUT2D eigenvalue weighted by molar-refractivity contribution is 5.35. The summed E-state index contributed by atoms with van der Waals surface area (Å²) in [5.74, 6) is 0.276. The van der Waals surface area contributed by atoms with E-state index in [4.69, 9.17) is 10.5 Å². The molecular formula is C16H18FNO. The van der Waals surface area contributed by atoms with Gasteiger partial charge in [0.05, 0.1) is 0 Å². The first-order valence-corrected chi connectivity index (χ1v) is 6.36. The van der Waals surface area contributed by atoms with E-state index in [0.717, 1.165) is 11.1 Å². The maximum Gasteiger partial charge on any atom is 0.126 e. The van der Waals surface area contributed by atoms with Crippen molar-refractivity contribution in [3.63, 3.8) is 0 Å². The van der Waals surface area contributed by atoms with Crippen LogP contribution in [0.5, 0.6) is 5.75 Å². The molecule has 0 fully saturated rings. The molecule has 2 aromatic rings. The van der Waals surface area contributed by atoms with E-state index < -0.39 is 0 Å². The van der Waals surface area contributed by atoms with E-state index >= 15 is 0 Å². The molecule has 0 saturated heterocycles. The van der Waals surface area contributed by atoms with Gasteiger partial charge in [0.25, 0.3) is 0 Å². The highest BCUT2D eigenvalue weighted by atomic mass is 19.1. The summed E-state index contributed by atoms with van der Waals surface area (Å²) in [6.07, 6.45) is 0.671. The first-order valence-electron chi connectivity index (χ1n) is 6.36. The fraction of sp³-hybridized carbons (Fsp3) is 0.250. The largest absolute Gasteiger partial charge is 0.489 e. The van der Waals surface area contributed by atoms with Crippen molar-refractivity contribution in [1.29, 1.82) is 0 Å². The third-order valence-corrected chi connectivity index (χ3v) is 2.81. The third kappa shape index (κ3) is 4.07. The summed E-state index contributed by atoms with van der Waals surface area (Å²) >= 11 is 0. The predicted molar refractivity (Wildman–Crippen MR) is 74.5 cm³/mol. The highest BCUT2D eigenvalue weighted by Gasteiger charge is 2.08. The van der Waals surface area contributed by atoms with Crippen LogP contribution in [0.25, 0.3) is 0 Å². The monoisotopic (exact) mass is 259 g/mol. The van der Waals surface area contributed by atoms with E-state index in [9.17, 15) is 4.39 Å². The minimum absolute atomic E-state index is 0.0181. The Morgan fingerprint density at radius 1 is 1.16 bits per heavy atom. The molecule has 1 unspecified atom stereocenters. The van der Waals surface area contributed by atoms with E-state index in [1.807, 2.05) is 37.3 Å². The summed E-state index contributed by atoms with van der Waals surface area (Å²) in [6, 6.07) is 14.4. The van der Waals surface area contributed by atoms with Gasteiger partial charge >= 0.3 is 0 Å². The Kier molecular flexibility index (Phi) is 4.53. The molecule has 0 aromatic heterocycles. The molecular weight excluding hydrogens is 241 g/mol. The van der Waals surface area contributed by atoms with Gasteiger partial charge in [-0.05, 0) is 30.5 Å². The molecule has 2 nitrogen and oxygen atoms in total. The Morgan fingerprint density at radius 2 is 1.89 bits per heavy atom. The van der Waals surface area contributed by atoms with Crippen molar-refractivity contribution < 1.29 is 9.13 Å². The zero-order valence-electron chi connectivity index (χ0n) is 11.0. The standard InChI is InChI=1S/C16H18FNO/c1-12(18)9-14-7-8-15(17)10-16(14)19-11-13-5-3-2-4-6-13/h2-8,10,12H,9,11,18H2,1H3. The summed E-state index contributed by atoms with van der Waals surface area (Å²) < 4.78 is 19.0. The summed E-state index contributed by atoms with van der Waals surface area (Å²) in [7, 11) is 0. The minimum Gasteiger partial charge on any atom is -0.489 e. The Bertz CT molecular complexity index is 526. The van der Waals surface area contributed by atoms with Gasteiger partial charge < -0.3 is 10.5 Å². The van der Waals surface area contributed by atoms with Gasteiger partial charge in [-0.15, -0.1) is 0 Å². The third-order valence-electron chi connectivity index (χ3n) is 2.81. The van der Waals surface area contributed by atoms with Crippen LogP contribution in [-0.2, 0) is 13.0 Å². The molecule has 100 valence electrons. The normalized spacial score (nSPS) is 12.2. The predicted octanol–water partition coefficient (Wildman–Crippen LogP) is 3.29. The second-order valence-corrected chi connectivity index (χ2v) is 4.71. The molecule has 2 aromatic carbocycles. The molecule has 0 aliphatic heterocycles. The highest BCUT2D eigenvalue weighted by Crippen LogP contribution is 2.22. The average Bonchev–Trinajstić information content (AvgIpc) is 2.40. The molecule has 0 aliphatic rings. The molecule has 0 aliphatic carbocycles. The van der Waals surface area contributed by atoms with E-state index in [1.165, 1.54) is 12.1 Å². The summed E-state index contributed by atoms with van der Waals surface area (Å²) in [4.78, 5) is 0.